The second kappa shape index (κ2) is 4.82. The fraction of sp³-hybridized carbons (Fsp3) is 0.455. The van der Waals surface area contributed by atoms with Crippen molar-refractivity contribution in [3.05, 3.63) is 22.8 Å². The zero-order valence-corrected chi connectivity index (χ0v) is 11.4. The summed E-state index contributed by atoms with van der Waals surface area (Å²) in [7, 11) is 1.70. The molecule has 0 aromatic carbocycles. The number of nitrogens with zero attached hydrogens (tertiary/aromatic N) is 2. The molecule has 1 amide bonds. The van der Waals surface area contributed by atoms with Gasteiger partial charge in [0, 0.05) is 29.3 Å². The Balaban J connectivity index is 2.68. The van der Waals surface area contributed by atoms with E-state index in [1.54, 1.807) is 25.4 Å². The molecule has 0 unspecified atom stereocenters. The quantitative estimate of drug-likeness (QED) is 0.797. The van der Waals surface area contributed by atoms with Gasteiger partial charge < -0.3 is 9.64 Å². The van der Waals surface area contributed by atoms with Gasteiger partial charge in [-0.2, -0.15) is 0 Å². The highest BCUT2D eigenvalue weighted by Crippen LogP contribution is 2.16. The Kier molecular flexibility index (Phi) is 3.91. The lowest BCUT2D eigenvalue weighted by Crippen LogP contribution is -2.44. The van der Waals surface area contributed by atoms with E-state index in [0.717, 1.165) is 4.47 Å². The molecule has 0 N–H and O–H groups in total. The highest BCUT2D eigenvalue weighted by Gasteiger charge is 2.24. The maximum Gasteiger partial charge on any atom is 0.416 e. The Labute approximate surface area is 104 Å². The molecule has 0 spiro atoms. The molecule has 1 aromatic rings. The van der Waals surface area contributed by atoms with Crippen LogP contribution in [0, 0.1) is 0 Å². The van der Waals surface area contributed by atoms with E-state index in [9.17, 15) is 4.79 Å². The Bertz CT molecular complexity index is 371. The molecule has 0 aliphatic rings. The summed E-state index contributed by atoms with van der Waals surface area (Å²) in [5.41, 5.74) is -0.271. The molecular weight excluding hydrogens is 272 g/mol. The number of pyridine rings is 1. The van der Waals surface area contributed by atoms with Gasteiger partial charge >= 0.3 is 6.09 Å². The summed E-state index contributed by atoms with van der Waals surface area (Å²) in [6.45, 7) is 5.80. The molecule has 0 atom stereocenters. The van der Waals surface area contributed by atoms with Crippen LogP contribution in [0.3, 0.4) is 0 Å². The molecule has 0 aliphatic heterocycles. The topological polar surface area (TPSA) is 42.4 Å². The lowest BCUT2D eigenvalue weighted by molar-refractivity contribution is 0.123. The highest BCUT2D eigenvalue weighted by atomic mass is 79.9. The van der Waals surface area contributed by atoms with Gasteiger partial charge in [-0.3, -0.25) is 0 Å². The Morgan fingerprint density at radius 1 is 1.44 bits per heavy atom. The third-order valence-corrected chi connectivity index (χ3v) is 2.64. The first-order valence-corrected chi connectivity index (χ1v) is 5.67. The van der Waals surface area contributed by atoms with E-state index in [1.807, 2.05) is 20.8 Å². The van der Waals surface area contributed by atoms with Crippen LogP contribution in [0.25, 0.3) is 0 Å². The van der Waals surface area contributed by atoms with Gasteiger partial charge in [0.25, 0.3) is 0 Å². The van der Waals surface area contributed by atoms with Crippen LogP contribution in [-0.2, 0) is 0 Å². The predicted octanol–water partition coefficient (Wildman–Crippen LogP) is 3.07. The first kappa shape index (κ1) is 13.0. The fourth-order valence-corrected chi connectivity index (χ4v) is 1.09. The Hall–Kier alpha value is -1.10. The van der Waals surface area contributed by atoms with Crippen LogP contribution in [0.4, 0.5) is 4.79 Å². The maximum atomic E-state index is 11.7. The molecule has 0 fully saturated rings. The molecule has 16 heavy (non-hydrogen) atoms. The van der Waals surface area contributed by atoms with E-state index in [0.29, 0.717) is 5.88 Å². The molecule has 1 heterocycles. The number of carbonyl (C=O) groups excluding carboxylic acids is 1. The Morgan fingerprint density at radius 3 is 2.50 bits per heavy atom. The van der Waals surface area contributed by atoms with Crippen molar-refractivity contribution in [1.29, 1.82) is 0 Å². The average Bonchev–Trinajstić information content (AvgIpc) is 2.19. The molecule has 4 nitrogen and oxygen atoms in total. The molecule has 0 saturated heterocycles. The zero-order valence-electron chi connectivity index (χ0n) is 9.82. The lowest BCUT2D eigenvalue weighted by Gasteiger charge is -2.30. The molecular formula is C11H15BrN2O2. The largest absolute Gasteiger partial charge is 0.416 e. The van der Waals surface area contributed by atoms with Crippen LogP contribution in [0.2, 0.25) is 0 Å². The summed E-state index contributed by atoms with van der Waals surface area (Å²) < 4.78 is 5.96. The number of ether oxygens (including phenoxy) is 1. The Morgan fingerprint density at radius 2 is 2.06 bits per heavy atom. The smallest absolute Gasteiger partial charge is 0.391 e. The van der Waals surface area contributed by atoms with Crippen molar-refractivity contribution < 1.29 is 9.53 Å². The van der Waals surface area contributed by atoms with Crippen molar-refractivity contribution in [2.75, 3.05) is 7.05 Å². The molecule has 0 saturated carbocycles. The van der Waals surface area contributed by atoms with E-state index in [-0.39, 0.29) is 5.54 Å². The van der Waals surface area contributed by atoms with Gasteiger partial charge in [0.2, 0.25) is 5.88 Å². The second-order valence-electron chi connectivity index (χ2n) is 4.41. The number of rotatable bonds is 1. The van der Waals surface area contributed by atoms with Crippen molar-refractivity contribution in [3.8, 4) is 5.88 Å². The van der Waals surface area contributed by atoms with Gasteiger partial charge in [-0.25, -0.2) is 9.78 Å². The minimum atomic E-state index is -0.415. The van der Waals surface area contributed by atoms with Crippen molar-refractivity contribution in [3.63, 3.8) is 0 Å². The predicted molar refractivity (Wildman–Crippen MR) is 65.5 cm³/mol. The van der Waals surface area contributed by atoms with Crippen LogP contribution < -0.4 is 4.74 Å². The highest BCUT2D eigenvalue weighted by molar-refractivity contribution is 9.10. The number of hydrogen-bond acceptors (Lipinski definition) is 3. The summed E-state index contributed by atoms with van der Waals surface area (Å²) >= 11 is 3.26. The SMILES string of the molecule is CN(C(=O)Oc1ccc(Br)cn1)C(C)(C)C. The van der Waals surface area contributed by atoms with Crippen molar-refractivity contribution in [2.45, 2.75) is 26.3 Å². The van der Waals surface area contributed by atoms with Gasteiger partial charge in [-0.15, -0.1) is 0 Å². The summed E-state index contributed by atoms with van der Waals surface area (Å²) in [6, 6.07) is 3.41. The minimum absolute atomic E-state index is 0.271. The van der Waals surface area contributed by atoms with Crippen molar-refractivity contribution in [1.82, 2.24) is 9.88 Å². The van der Waals surface area contributed by atoms with Crippen LogP contribution >= 0.6 is 15.9 Å². The van der Waals surface area contributed by atoms with E-state index in [4.69, 9.17) is 4.74 Å². The summed E-state index contributed by atoms with van der Waals surface area (Å²) in [5.74, 6) is 0.296. The lowest BCUT2D eigenvalue weighted by atomic mass is 10.1. The minimum Gasteiger partial charge on any atom is -0.391 e. The van der Waals surface area contributed by atoms with Gasteiger partial charge in [0.15, 0.2) is 0 Å². The molecule has 1 rings (SSSR count). The summed E-state index contributed by atoms with van der Waals surface area (Å²) in [5, 5.41) is 0. The fourth-order valence-electron chi connectivity index (χ4n) is 0.854. The van der Waals surface area contributed by atoms with Crippen molar-refractivity contribution in [2.24, 2.45) is 0 Å². The molecule has 0 radical (unpaired) electrons. The number of halogens is 1. The zero-order chi connectivity index (χ0) is 12.3. The molecule has 88 valence electrons. The second-order valence-corrected chi connectivity index (χ2v) is 5.33. The van der Waals surface area contributed by atoms with Crippen LogP contribution in [-0.4, -0.2) is 28.6 Å². The van der Waals surface area contributed by atoms with Gasteiger partial charge in [0.1, 0.15) is 0 Å². The first-order chi connectivity index (χ1) is 7.30. The third-order valence-electron chi connectivity index (χ3n) is 2.17. The summed E-state index contributed by atoms with van der Waals surface area (Å²) in [6.07, 6.45) is 1.17. The normalized spacial score (nSPS) is 11.1. The average molecular weight is 287 g/mol. The number of carbonyl (C=O) groups is 1. The van der Waals surface area contributed by atoms with Crippen molar-refractivity contribution >= 4 is 22.0 Å². The first-order valence-electron chi connectivity index (χ1n) is 4.88. The van der Waals surface area contributed by atoms with E-state index >= 15 is 0 Å². The van der Waals surface area contributed by atoms with Gasteiger partial charge in [0.05, 0.1) is 0 Å². The molecule has 0 aliphatic carbocycles. The molecule has 5 heteroatoms. The van der Waals surface area contributed by atoms with Gasteiger partial charge in [-0.05, 0) is 42.8 Å². The van der Waals surface area contributed by atoms with Gasteiger partial charge in [-0.1, -0.05) is 0 Å². The number of aromatic nitrogens is 1. The van der Waals surface area contributed by atoms with Crippen LogP contribution in [0.5, 0.6) is 5.88 Å². The maximum absolute atomic E-state index is 11.7. The van der Waals surface area contributed by atoms with E-state index in [2.05, 4.69) is 20.9 Å². The molecule has 1 aromatic heterocycles. The molecule has 0 bridgehead atoms. The number of amides is 1. The standard InChI is InChI=1S/C11H15BrN2O2/c1-11(2,3)14(4)10(15)16-9-6-5-8(12)7-13-9/h5-7H,1-4H3. The van der Waals surface area contributed by atoms with E-state index in [1.165, 1.54) is 4.90 Å². The number of hydrogen-bond donors (Lipinski definition) is 0. The third kappa shape index (κ3) is 3.48. The monoisotopic (exact) mass is 286 g/mol. The van der Waals surface area contributed by atoms with Crippen LogP contribution in [0.15, 0.2) is 22.8 Å². The van der Waals surface area contributed by atoms with Crippen LogP contribution in [0.1, 0.15) is 20.8 Å². The van der Waals surface area contributed by atoms with E-state index < -0.39 is 6.09 Å². The summed E-state index contributed by atoms with van der Waals surface area (Å²) in [4.78, 5) is 17.2.